The quantitative estimate of drug-likeness (QED) is 0.298. The molecular weight excluding hydrogens is 432 g/mol. The molecule has 2 aliphatic rings. The van der Waals surface area contributed by atoms with Crippen molar-refractivity contribution in [2.45, 2.75) is 85.2 Å². The zero-order valence-corrected chi connectivity index (χ0v) is 21.3. The Morgan fingerprint density at radius 1 is 1.03 bits per heavy atom. The van der Waals surface area contributed by atoms with E-state index in [2.05, 4.69) is 33.8 Å². The van der Waals surface area contributed by atoms with Crippen LogP contribution in [0.5, 0.6) is 17.2 Å². The number of benzene rings is 1. The first-order valence-electron chi connectivity index (χ1n) is 12.4. The minimum absolute atomic E-state index is 0.0230. The topological polar surface area (TPSA) is 115 Å². The number of hydrogen-bond donors (Lipinski definition) is 4. The van der Waals surface area contributed by atoms with E-state index in [-0.39, 0.29) is 28.5 Å². The predicted octanol–water partition coefficient (Wildman–Crippen LogP) is 5.72. The summed E-state index contributed by atoms with van der Waals surface area (Å²) in [6.45, 7) is 12.2. The number of allylic oxidation sites excluding steroid dienone is 1. The van der Waals surface area contributed by atoms with Gasteiger partial charge in [0.1, 0.15) is 17.2 Å². The summed E-state index contributed by atoms with van der Waals surface area (Å²) in [5.41, 5.74) is -0.724. The van der Waals surface area contributed by atoms with Crippen molar-refractivity contribution in [1.82, 2.24) is 0 Å². The number of fused-ring (bicyclic) bond motifs is 1. The maximum absolute atomic E-state index is 11.7. The van der Waals surface area contributed by atoms with Crippen molar-refractivity contribution in [3.05, 3.63) is 28.3 Å². The first-order valence-corrected chi connectivity index (χ1v) is 12.4. The summed E-state index contributed by atoms with van der Waals surface area (Å²) in [5.74, 6) is -1.10. The van der Waals surface area contributed by atoms with E-state index in [1.165, 1.54) is 5.57 Å². The Morgan fingerprint density at radius 2 is 1.59 bits per heavy atom. The van der Waals surface area contributed by atoms with Crippen molar-refractivity contribution in [1.29, 1.82) is 0 Å². The highest BCUT2D eigenvalue weighted by molar-refractivity contribution is 5.95. The standard InChI is InChI=1S/C28H40O6/c1-15(2)11-22(23-25(32)19(13-29)24(31)20(14-30)26(23)33)28(6)10-9-18-16(3)7-8-17(12-21(18)28)27(4,5)34/h12-18,22,31-34H,7-11H2,1-6H3/t16?,17?,18?,22?,28-/m0/s1. The molecule has 0 aromatic heterocycles. The molecule has 34 heavy (non-hydrogen) atoms. The average molecular weight is 473 g/mol. The minimum Gasteiger partial charge on any atom is -0.507 e. The Kier molecular flexibility index (Phi) is 7.24. The van der Waals surface area contributed by atoms with Crippen molar-refractivity contribution in [3.63, 3.8) is 0 Å². The van der Waals surface area contributed by atoms with Crippen LogP contribution in [0.4, 0.5) is 0 Å². The second-order valence-electron chi connectivity index (χ2n) is 11.7. The number of phenolic OH excluding ortho intramolecular Hbond substituents is 3. The van der Waals surface area contributed by atoms with Gasteiger partial charge in [-0.2, -0.15) is 0 Å². The number of rotatable bonds is 7. The molecule has 0 spiro atoms. The summed E-state index contributed by atoms with van der Waals surface area (Å²) in [6.07, 6.45) is 7.14. The van der Waals surface area contributed by atoms with Crippen molar-refractivity contribution in [2.75, 3.05) is 0 Å². The average Bonchev–Trinajstić information content (AvgIpc) is 2.95. The van der Waals surface area contributed by atoms with Crippen molar-refractivity contribution >= 4 is 12.6 Å². The van der Waals surface area contributed by atoms with Gasteiger partial charge in [-0.25, -0.2) is 0 Å². The number of aldehydes is 2. The third-order valence-electron chi connectivity index (χ3n) is 8.53. The monoisotopic (exact) mass is 472 g/mol. The van der Waals surface area contributed by atoms with Crippen molar-refractivity contribution < 1.29 is 30.0 Å². The summed E-state index contributed by atoms with van der Waals surface area (Å²) < 4.78 is 0. The summed E-state index contributed by atoms with van der Waals surface area (Å²) in [5, 5.41) is 43.4. The van der Waals surface area contributed by atoms with E-state index in [1.807, 2.05) is 13.8 Å². The molecule has 0 heterocycles. The van der Waals surface area contributed by atoms with E-state index in [0.29, 0.717) is 30.8 Å². The Hall–Kier alpha value is -2.34. The molecule has 3 rings (SSSR count). The van der Waals surface area contributed by atoms with Gasteiger partial charge in [-0.15, -0.1) is 0 Å². The molecule has 1 saturated carbocycles. The number of hydrogen-bond acceptors (Lipinski definition) is 6. The van der Waals surface area contributed by atoms with Gasteiger partial charge in [0.25, 0.3) is 0 Å². The lowest BCUT2D eigenvalue weighted by atomic mass is 9.64. The van der Waals surface area contributed by atoms with Crippen LogP contribution in [0.1, 0.15) is 106 Å². The molecule has 1 fully saturated rings. The molecule has 4 N–H and O–H groups in total. The Labute approximate surface area is 202 Å². The third kappa shape index (κ3) is 4.37. The van der Waals surface area contributed by atoms with Gasteiger partial charge >= 0.3 is 0 Å². The van der Waals surface area contributed by atoms with Gasteiger partial charge < -0.3 is 20.4 Å². The van der Waals surface area contributed by atoms with Gasteiger partial charge in [0, 0.05) is 17.4 Å². The van der Waals surface area contributed by atoms with Crippen LogP contribution in [0.25, 0.3) is 0 Å². The molecule has 188 valence electrons. The lowest BCUT2D eigenvalue weighted by Gasteiger charge is -2.40. The minimum atomic E-state index is -0.878. The van der Waals surface area contributed by atoms with Crippen LogP contribution in [0, 0.1) is 29.1 Å². The second kappa shape index (κ2) is 9.37. The Balaban J connectivity index is 2.30. The molecule has 1 aromatic rings. The molecule has 0 bridgehead atoms. The highest BCUT2D eigenvalue weighted by atomic mass is 16.3. The lowest BCUT2D eigenvalue weighted by Crippen LogP contribution is -2.31. The normalized spacial score (nSPS) is 28.2. The van der Waals surface area contributed by atoms with Crippen molar-refractivity contribution in [3.8, 4) is 17.2 Å². The molecule has 0 amide bonds. The van der Waals surface area contributed by atoms with Gasteiger partial charge in [0.2, 0.25) is 0 Å². The Morgan fingerprint density at radius 3 is 2.06 bits per heavy atom. The molecule has 4 unspecified atom stereocenters. The van der Waals surface area contributed by atoms with E-state index in [0.717, 1.165) is 25.7 Å². The number of aromatic hydroxyl groups is 3. The largest absolute Gasteiger partial charge is 0.507 e. The van der Waals surface area contributed by atoms with Crippen LogP contribution in [0.2, 0.25) is 0 Å². The summed E-state index contributed by atoms with van der Waals surface area (Å²) in [7, 11) is 0. The molecule has 0 radical (unpaired) electrons. The van der Waals surface area contributed by atoms with E-state index < -0.39 is 34.2 Å². The zero-order chi connectivity index (χ0) is 25.6. The second-order valence-corrected chi connectivity index (χ2v) is 11.7. The fraction of sp³-hybridized carbons (Fsp3) is 0.643. The van der Waals surface area contributed by atoms with Gasteiger partial charge in [0.05, 0.1) is 16.7 Å². The predicted molar refractivity (Wildman–Crippen MR) is 132 cm³/mol. The molecule has 5 atom stereocenters. The first kappa shape index (κ1) is 26.3. The van der Waals surface area contributed by atoms with Gasteiger partial charge in [-0.1, -0.05) is 39.3 Å². The van der Waals surface area contributed by atoms with E-state index in [9.17, 15) is 30.0 Å². The fourth-order valence-corrected chi connectivity index (χ4v) is 6.45. The van der Waals surface area contributed by atoms with E-state index >= 15 is 0 Å². The first-order chi connectivity index (χ1) is 15.8. The van der Waals surface area contributed by atoms with Crippen LogP contribution in [-0.4, -0.2) is 38.6 Å². The number of carbonyl (C=O) groups is 2. The lowest BCUT2D eigenvalue weighted by molar-refractivity contribution is 0.0318. The smallest absolute Gasteiger partial charge is 0.157 e. The number of carbonyl (C=O) groups excluding carboxylic acids is 2. The third-order valence-corrected chi connectivity index (χ3v) is 8.53. The van der Waals surface area contributed by atoms with Crippen LogP contribution < -0.4 is 0 Å². The molecule has 6 nitrogen and oxygen atoms in total. The SMILES string of the molecule is CC(C)CC(c1c(O)c(C=O)c(O)c(C=O)c1O)[C@@]1(C)CCC2C1=CC(C(C)(C)O)CCC2C. The van der Waals surface area contributed by atoms with Crippen LogP contribution >= 0.6 is 0 Å². The van der Waals surface area contributed by atoms with Crippen LogP contribution in [0.15, 0.2) is 11.6 Å². The highest BCUT2D eigenvalue weighted by Crippen LogP contribution is 2.62. The van der Waals surface area contributed by atoms with E-state index in [4.69, 9.17) is 0 Å². The number of aliphatic hydroxyl groups is 1. The maximum atomic E-state index is 11.7. The molecule has 1 aromatic carbocycles. The zero-order valence-electron chi connectivity index (χ0n) is 21.3. The molecule has 0 saturated heterocycles. The number of phenols is 3. The molecule has 0 aliphatic heterocycles. The molecular formula is C28H40O6. The highest BCUT2D eigenvalue weighted by Gasteiger charge is 2.50. The summed E-state index contributed by atoms with van der Waals surface area (Å²) in [6, 6.07) is 0. The van der Waals surface area contributed by atoms with Gasteiger partial charge in [-0.3, -0.25) is 9.59 Å². The van der Waals surface area contributed by atoms with Crippen LogP contribution in [-0.2, 0) is 0 Å². The van der Waals surface area contributed by atoms with Crippen LogP contribution in [0.3, 0.4) is 0 Å². The maximum Gasteiger partial charge on any atom is 0.157 e. The van der Waals surface area contributed by atoms with E-state index in [1.54, 1.807) is 0 Å². The van der Waals surface area contributed by atoms with Gasteiger partial charge in [-0.05, 0) is 69.1 Å². The van der Waals surface area contributed by atoms with Crippen molar-refractivity contribution in [2.24, 2.45) is 29.1 Å². The van der Waals surface area contributed by atoms with Gasteiger partial charge in [0.15, 0.2) is 12.6 Å². The fourth-order valence-electron chi connectivity index (χ4n) is 6.45. The summed E-state index contributed by atoms with van der Waals surface area (Å²) >= 11 is 0. The molecule has 2 aliphatic carbocycles. The Bertz CT molecular complexity index is 951. The molecule has 6 heteroatoms. The summed E-state index contributed by atoms with van der Waals surface area (Å²) in [4.78, 5) is 23.5.